The molecule has 0 saturated heterocycles. The maximum atomic E-state index is 6.05. The van der Waals surface area contributed by atoms with Gasteiger partial charge in [0.25, 0.3) is 0 Å². The molecule has 1 rings (SSSR count). The van der Waals surface area contributed by atoms with E-state index in [1.54, 1.807) is 0 Å². The minimum Gasteiger partial charge on any atom is -1.00 e. The molecule has 0 spiro atoms. The molecule has 0 bridgehead atoms. The highest BCUT2D eigenvalue weighted by molar-refractivity contribution is 5.41. The Morgan fingerprint density at radius 2 is 1.29 bits per heavy atom. The molecule has 2 nitrogen and oxygen atoms in total. The number of hydrogen-bond donors (Lipinski definition) is 0. The van der Waals surface area contributed by atoms with E-state index in [1.165, 1.54) is 57.1 Å². The molecule has 0 N–H and O–H groups in total. The summed E-state index contributed by atoms with van der Waals surface area (Å²) in [6.45, 7) is 10.7. The van der Waals surface area contributed by atoms with E-state index in [0.29, 0.717) is 0 Å². The minimum absolute atomic E-state index is 0. The van der Waals surface area contributed by atoms with Crippen LogP contribution in [0.5, 0.6) is 0 Å². The monoisotopic (exact) mass is 355 g/mol. The Kier molecular flexibility index (Phi) is 14.4. The fraction of sp³-hybridized carbons (Fsp3) is 0.714. The van der Waals surface area contributed by atoms with E-state index < -0.39 is 0 Å². The molecule has 1 aromatic carbocycles. The van der Waals surface area contributed by atoms with Gasteiger partial charge in [-0.3, -0.25) is 4.48 Å². The maximum absolute atomic E-state index is 6.05. The van der Waals surface area contributed by atoms with Crippen LogP contribution in [-0.2, 0) is 4.74 Å². The molecule has 0 fully saturated rings. The summed E-state index contributed by atoms with van der Waals surface area (Å²) < 4.78 is 6.98. The van der Waals surface area contributed by atoms with Crippen molar-refractivity contribution in [2.45, 2.75) is 72.1 Å². The van der Waals surface area contributed by atoms with E-state index in [9.17, 15) is 0 Å². The van der Waals surface area contributed by atoms with Crippen molar-refractivity contribution < 1.29 is 17.1 Å². The zero-order valence-corrected chi connectivity index (χ0v) is 16.9. The molecule has 0 radical (unpaired) electrons. The number of para-hydroxylation sites is 1. The predicted octanol–water partition coefficient (Wildman–Crippen LogP) is 3.15. The predicted molar refractivity (Wildman–Crippen MR) is 103 cm³/mol. The lowest BCUT2D eigenvalue weighted by molar-refractivity contribution is -0.00000633. The number of ether oxygens (including phenoxy) is 1. The molecule has 0 aliphatic heterocycles. The summed E-state index contributed by atoms with van der Waals surface area (Å²) in [5, 5.41) is 0. The first-order chi connectivity index (χ1) is 11.3. The van der Waals surface area contributed by atoms with Gasteiger partial charge in [-0.15, -0.1) is 0 Å². The van der Waals surface area contributed by atoms with Crippen molar-refractivity contribution >= 4 is 5.69 Å². The summed E-state index contributed by atoms with van der Waals surface area (Å²) in [5.74, 6) is 0. The van der Waals surface area contributed by atoms with Crippen LogP contribution in [0.3, 0.4) is 0 Å². The molecule has 0 saturated carbocycles. The van der Waals surface area contributed by atoms with E-state index in [0.717, 1.165) is 30.9 Å². The van der Waals surface area contributed by atoms with Crippen molar-refractivity contribution in [1.82, 2.24) is 4.48 Å². The molecular weight excluding hydrogens is 318 g/mol. The van der Waals surface area contributed by atoms with Crippen molar-refractivity contribution in [3.05, 3.63) is 30.3 Å². The number of quaternary nitrogens is 1. The van der Waals surface area contributed by atoms with E-state index in [1.807, 2.05) is 0 Å². The van der Waals surface area contributed by atoms with Crippen LogP contribution >= 0.6 is 0 Å². The highest BCUT2D eigenvalue weighted by Crippen LogP contribution is 2.22. The topological polar surface area (TPSA) is 9.23 Å². The van der Waals surface area contributed by atoms with Crippen LogP contribution in [-0.4, -0.2) is 26.4 Å². The summed E-state index contributed by atoms with van der Waals surface area (Å²) in [4.78, 5) is 0. The lowest BCUT2D eigenvalue weighted by Gasteiger charge is -2.35. The second-order valence-electron chi connectivity index (χ2n) is 6.63. The van der Waals surface area contributed by atoms with Gasteiger partial charge in [-0.25, -0.2) is 0 Å². The van der Waals surface area contributed by atoms with Gasteiger partial charge < -0.3 is 17.1 Å². The van der Waals surface area contributed by atoms with Gasteiger partial charge in [-0.1, -0.05) is 70.1 Å². The quantitative estimate of drug-likeness (QED) is 0.283. The van der Waals surface area contributed by atoms with Crippen LogP contribution in [0, 0.1) is 0 Å². The summed E-state index contributed by atoms with van der Waals surface area (Å²) in [6.07, 6.45) is 10.8. The molecule has 140 valence electrons. The molecule has 1 aromatic rings. The molecule has 3 heteroatoms. The number of nitrogens with zero attached hydrogens (tertiary/aromatic N) is 1. The highest BCUT2D eigenvalue weighted by Gasteiger charge is 2.26. The molecule has 0 aliphatic rings. The molecule has 0 atom stereocenters. The first-order valence-corrected chi connectivity index (χ1v) is 9.78. The molecule has 0 amide bonds. The summed E-state index contributed by atoms with van der Waals surface area (Å²) in [5.41, 5.74) is 1.37. The fourth-order valence-corrected chi connectivity index (χ4v) is 3.17. The second-order valence-corrected chi connectivity index (χ2v) is 6.63. The SMILES string of the molecule is CCCCCCCCCCOC[N+](CC)(CC)c1ccccc1.[Cl-]. The molecule has 0 heterocycles. The van der Waals surface area contributed by atoms with Crippen molar-refractivity contribution in [2.75, 3.05) is 26.4 Å². The van der Waals surface area contributed by atoms with Crippen molar-refractivity contribution in [3.63, 3.8) is 0 Å². The lowest BCUT2D eigenvalue weighted by atomic mass is 10.1. The van der Waals surface area contributed by atoms with E-state index in [4.69, 9.17) is 4.74 Å². The minimum atomic E-state index is 0. The first kappa shape index (κ1) is 23.4. The lowest BCUT2D eigenvalue weighted by Crippen LogP contribution is -3.00. The second kappa shape index (κ2) is 14.7. The van der Waals surface area contributed by atoms with Gasteiger partial charge in [0.2, 0.25) is 0 Å². The number of rotatable bonds is 14. The molecule has 0 aliphatic carbocycles. The Hall–Kier alpha value is -0.570. The standard InChI is InChI=1S/C21H38NO.ClH/c1-4-7-8-9-10-11-12-16-19-23-20-22(5-2,6-3)21-17-14-13-15-18-21;/h13-15,17-18H,4-12,16,19-20H2,1-3H3;1H/q+1;/p-1. The van der Waals surface area contributed by atoms with Crippen molar-refractivity contribution in [2.24, 2.45) is 0 Å². The van der Waals surface area contributed by atoms with Gasteiger partial charge in [0.05, 0.1) is 19.7 Å². The molecular formula is C21H38ClNO. The summed E-state index contributed by atoms with van der Waals surface area (Å²) in [6, 6.07) is 10.8. The van der Waals surface area contributed by atoms with Gasteiger partial charge >= 0.3 is 0 Å². The number of hydrogen-bond acceptors (Lipinski definition) is 1. The Morgan fingerprint density at radius 1 is 0.750 bits per heavy atom. The van der Waals surface area contributed by atoms with Gasteiger partial charge in [0, 0.05) is 0 Å². The number of halogens is 1. The Balaban J connectivity index is 0.00000529. The van der Waals surface area contributed by atoms with Crippen LogP contribution in [0.2, 0.25) is 0 Å². The summed E-state index contributed by atoms with van der Waals surface area (Å²) in [7, 11) is 0. The Bertz CT molecular complexity index is 379. The maximum Gasteiger partial charge on any atom is 0.187 e. The van der Waals surface area contributed by atoms with Crippen molar-refractivity contribution in [1.29, 1.82) is 0 Å². The van der Waals surface area contributed by atoms with E-state index in [2.05, 4.69) is 51.1 Å². The smallest absolute Gasteiger partial charge is 0.187 e. The van der Waals surface area contributed by atoms with Crippen LogP contribution in [0.25, 0.3) is 0 Å². The largest absolute Gasteiger partial charge is 1.00 e. The highest BCUT2D eigenvalue weighted by atomic mass is 35.5. The zero-order chi connectivity index (χ0) is 16.8. The van der Waals surface area contributed by atoms with Crippen molar-refractivity contribution in [3.8, 4) is 0 Å². The van der Waals surface area contributed by atoms with Crippen LogP contribution in [0.4, 0.5) is 5.69 Å². The van der Waals surface area contributed by atoms with Gasteiger partial charge in [-0.2, -0.15) is 0 Å². The third-order valence-electron chi connectivity index (χ3n) is 5.00. The van der Waals surface area contributed by atoms with Crippen LogP contribution in [0.15, 0.2) is 30.3 Å². The number of unbranched alkanes of at least 4 members (excludes halogenated alkanes) is 7. The van der Waals surface area contributed by atoms with E-state index in [-0.39, 0.29) is 12.4 Å². The molecule has 24 heavy (non-hydrogen) atoms. The van der Waals surface area contributed by atoms with Gasteiger partial charge in [-0.05, 0) is 32.4 Å². The number of benzene rings is 1. The fourth-order valence-electron chi connectivity index (χ4n) is 3.17. The average Bonchev–Trinajstić information content (AvgIpc) is 2.61. The first-order valence-electron chi connectivity index (χ1n) is 9.78. The Labute approximate surface area is 156 Å². The Morgan fingerprint density at radius 3 is 1.83 bits per heavy atom. The molecule has 0 unspecified atom stereocenters. The zero-order valence-electron chi connectivity index (χ0n) is 16.1. The van der Waals surface area contributed by atoms with Crippen LogP contribution < -0.4 is 16.9 Å². The molecule has 0 aromatic heterocycles. The normalized spacial score (nSPS) is 11.3. The van der Waals surface area contributed by atoms with Gasteiger partial charge in [0.15, 0.2) is 6.73 Å². The van der Waals surface area contributed by atoms with E-state index >= 15 is 0 Å². The third-order valence-corrected chi connectivity index (χ3v) is 5.00. The average molecular weight is 356 g/mol. The van der Waals surface area contributed by atoms with Gasteiger partial charge in [0.1, 0.15) is 5.69 Å². The van der Waals surface area contributed by atoms with Crippen LogP contribution in [0.1, 0.15) is 72.1 Å². The third kappa shape index (κ3) is 8.50. The summed E-state index contributed by atoms with van der Waals surface area (Å²) >= 11 is 0.